The Morgan fingerprint density at radius 3 is 2.67 bits per heavy atom. The monoisotopic (exact) mass is 208 g/mol. The van der Waals surface area contributed by atoms with E-state index in [1.54, 1.807) is 31.4 Å². The van der Waals surface area contributed by atoms with Crippen molar-refractivity contribution in [2.24, 2.45) is 5.16 Å². The van der Waals surface area contributed by atoms with Gasteiger partial charge >= 0.3 is 0 Å². The number of benzene rings is 1. The number of carbonyl (C=O) groups is 1. The molecule has 1 rings (SSSR count). The summed E-state index contributed by atoms with van der Waals surface area (Å²) in [6.07, 6.45) is 1.41. The quantitative estimate of drug-likeness (QED) is 0.496. The summed E-state index contributed by atoms with van der Waals surface area (Å²) in [6.45, 7) is -0.549. The highest BCUT2D eigenvalue weighted by atomic mass is 16.6. The van der Waals surface area contributed by atoms with E-state index in [4.69, 9.17) is 4.74 Å². The van der Waals surface area contributed by atoms with Crippen LogP contribution in [0, 0.1) is 0 Å². The first-order valence-corrected chi connectivity index (χ1v) is 4.21. The molecule has 0 fully saturated rings. The zero-order chi connectivity index (χ0) is 11.1. The van der Waals surface area contributed by atoms with Gasteiger partial charge in [0.15, 0.2) is 6.61 Å². The lowest BCUT2D eigenvalue weighted by Gasteiger charge is -2.00. The number of carboxylic acid groups (broad SMARTS) is 1. The van der Waals surface area contributed by atoms with Crippen molar-refractivity contribution in [2.45, 2.75) is 0 Å². The first-order chi connectivity index (χ1) is 7.22. The van der Waals surface area contributed by atoms with Crippen LogP contribution in [0.25, 0.3) is 0 Å². The maximum Gasteiger partial charge on any atom is 0.156 e. The van der Waals surface area contributed by atoms with Crippen LogP contribution in [-0.2, 0) is 9.63 Å². The summed E-state index contributed by atoms with van der Waals surface area (Å²) in [7, 11) is 1.58. The Bertz CT molecular complexity index is 345. The van der Waals surface area contributed by atoms with Crippen molar-refractivity contribution in [1.29, 1.82) is 0 Å². The van der Waals surface area contributed by atoms with Crippen molar-refractivity contribution < 1.29 is 19.5 Å². The molecule has 0 saturated carbocycles. The highest BCUT2D eigenvalue weighted by Gasteiger charge is 1.90. The zero-order valence-electron chi connectivity index (χ0n) is 8.17. The van der Waals surface area contributed by atoms with E-state index in [1.165, 1.54) is 6.21 Å². The predicted octanol–water partition coefficient (Wildman–Crippen LogP) is -0.204. The molecular weight excluding hydrogens is 198 g/mol. The summed E-state index contributed by atoms with van der Waals surface area (Å²) >= 11 is 0. The van der Waals surface area contributed by atoms with Gasteiger partial charge in [-0.25, -0.2) is 0 Å². The van der Waals surface area contributed by atoms with Gasteiger partial charge in [0.2, 0.25) is 0 Å². The Morgan fingerprint density at radius 1 is 1.47 bits per heavy atom. The summed E-state index contributed by atoms with van der Waals surface area (Å²) in [5.74, 6) is -0.565. The van der Waals surface area contributed by atoms with Crippen molar-refractivity contribution in [1.82, 2.24) is 0 Å². The second kappa shape index (κ2) is 5.64. The molecule has 0 aliphatic rings. The number of hydrogen-bond donors (Lipinski definition) is 0. The van der Waals surface area contributed by atoms with Crippen LogP contribution in [0.3, 0.4) is 0 Å². The minimum absolute atomic E-state index is 0.549. The highest BCUT2D eigenvalue weighted by Crippen LogP contribution is 2.09. The second-order valence-corrected chi connectivity index (χ2v) is 2.65. The van der Waals surface area contributed by atoms with E-state index in [-0.39, 0.29) is 0 Å². The fourth-order valence-corrected chi connectivity index (χ4v) is 0.878. The molecule has 0 spiro atoms. The number of methoxy groups -OCH3 is 1. The van der Waals surface area contributed by atoms with Gasteiger partial charge in [-0.15, -0.1) is 0 Å². The van der Waals surface area contributed by atoms with Crippen LogP contribution in [0.15, 0.2) is 29.4 Å². The van der Waals surface area contributed by atoms with E-state index in [9.17, 15) is 9.90 Å². The Labute approximate surface area is 86.9 Å². The maximum atomic E-state index is 9.97. The third-order valence-electron chi connectivity index (χ3n) is 1.57. The molecule has 0 radical (unpaired) electrons. The maximum absolute atomic E-state index is 9.97. The number of hydrogen-bond acceptors (Lipinski definition) is 5. The van der Waals surface area contributed by atoms with E-state index in [2.05, 4.69) is 9.99 Å². The topological polar surface area (TPSA) is 71.0 Å². The zero-order valence-corrected chi connectivity index (χ0v) is 8.17. The summed E-state index contributed by atoms with van der Waals surface area (Å²) in [5, 5.41) is 13.4. The van der Waals surface area contributed by atoms with Crippen LogP contribution in [0.5, 0.6) is 5.75 Å². The van der Waals surface area contributed by atoms with Crippen LogP contribution in [0.2, 0.25) is 0 Å². The number of nitrogens with zero attached hydrogens (tertiary/aromatic N) is 1. The summed E-state index contributed by atoms with van der Waals surface area (Å²) in [6, 6.07) is 7.07. The molecule has 1 aromatic rings. The van der Waals surface area contributed by atoms with Crippen LogP contribution in [-0.4, -0.2) is 25.9 Å². The molecule has 0 unspecified atom stereocenters. The van der Waals surface area contributed by atoms with Gasteiger partial charge < -0.3 is 19.5 Å². The fourth-order valence-electron chi connectivity index (χ4n) is 0.878. The van der Waals surface area contributed by atoms with Gasteiger partial charge in [-0.3, -0.25) is 0 Å². The molecule has 80 valence electrons. The molecular formula is C10H10NO4-. The van der Waals surface area contributed by atoms with Crippen molar-refractivity contribution in [3.05, 3.63) is 29.8 Å². The summed E-state index contributed by atoms with van der Waals surface area (Å²) in [5.41, 5.74) is 0.786. The van der Waals surface area contributed by atoms with Gasteiger partial charge in [-0.2, -0.15) is 0 Å². The van der Waals surface area contributed by atoms with Crippen molar-refractivity contribution >= 4 is 12.2 Å². The Morgan fingerprint density at radius 2 is 2.13 bits per heavy atom. The van der Waals surface area contributed by atoms with Gasteiger partial charge in [0, 0.05) is 0 Å². The number of rotatable bonds is 5. The summed E-state index contributed by atoms with van der Waals surface area (Å²) in [4.78, 5) is 14.4. The van der Waals surface area contributed by atoms with Gasteiger partial charge in [-0.1, -0.05) is 5.16 Å². The summed E-state index contributed by atoms with van der Waals surface area (Å²) < 4.78 is 4.96. The van der Waals surface area contributed by atoms with E-state index in [0.29, 0.717) is 0 Å². The Balaban J connectivity index is 2.46. The normalized spacial score (nSPS) is 10.2. The highest BCUT2D eigenvalue weighted by molar-refractivity contribution is 5.79. The molecule has 0 amide bonds. The minimum Gasteiger partial charge on any atom is -0.546 e. The molecule has 0 bridgehead atoms. The molecule has 1 aromatic carbocycles. The lowest BCUT2D eigenvalue weighted by Crippen LogP contribution is -2.26. The standard InChI is InChI=1S/C10H11NO4/c1-14-9-4-2-8(3-5-9)6-11-15-7-10(12)13/h2-6H,7H2,1H3,(H,12,13)/p-1/b11-6-. The van der Waals surface area contributed by atoms with Crippen molar-refractivity contribution in [2.75, 3.05) is 13.7 Å². The fraction of sp³-hybridized carbons (Fsp3) is 0.200. The molecule has 0 N–H and O–H groups in total. The van der Waals surface area contributed by atoms with Gasteiger partial charge in [0.25, 0.3) is 0 Å². The van der Waals surface area contributed by atoms with Crippen LogP contribution in [0.4, 0.5) is 0 Å². The van der Waals surface area contributed by atoms with E-state index in [0.717, 1.165) is 11.3 Å². The molecule has 0 heterocycles. The SMILES string of the molecule is COc1ccc(/C=N\OCC(=O)[O-])cc1. The van der Waals surface area contributed by atoms with Crippen LogP contribution < -0.4 is 9.84 Å². The minimum atomic E-state index is -1.30. The third kappa shape index (κ3) is 4.12. The average Bonchev–Trinajstić information content (AvgIpc) is 2.25. The average molecular weight is 208 g/mol. The van der Waals surface area contributed by atoms with Crippen molar-refractivity contribution in [3.63, 3.8) is 0 Å². The first kappa shape index (κ1) is 11.0. The number of oxime groups is 1. The lowest BCUT2D eigenvalue weighted by molar-refractivity contribution is -0.309. The molecule has 0 aliphatic carbocycles. The predicted molar refractivity (Wildman–Crippen MR) is 51.5 cm³/mol. The molecule has 15 heavy (non-hydrogen) atoms. The van der Waals surface area contributed by atoms with Crippen LogP contribution in [0.1, 0.15) is 5.56 Å². The molecule has 0 aromatic heterocycles. The third-order valence-corrected chi connectivity index (χ3v) is 1.57. The number of ether oxygens (including phenoxy) is 1. The van der Waals surface area contributed by atoms with E-state index < -0.39 is 12.6 Å². The molecule has 0 aliphatic heterocycles. The Kier molecular flexibility index (Phi) is 4.15. The van der Waals surface area contributed by atoms with E-state index in [1.807, 2.05) is 0 Å². The molecule has 0 saturated heterocycles. The number of carbonyl (C=O) groups excluding carboxylic acids is 1. The molecule has 0 atom stereocenters. The number of aliphatic carboxylic acids is 1. The van der Waals surface area contributed by atoms with Gasteiger partial charge in [0.1, 0.15) is 5.75 Å². The molecule has 5 heteroatoms. The van der Waals surface area contributed by atoms with Crippen LogP contribution >= 0.6 is 0 Å². The van der Waals surface area contributed by atoms with Gasteiger partial charge in [-0.05, 0) is 29.8 Å². The van der Waals surface area contributed by atoms with Crippen molar-refractivity contribution in [3.8, 4) is 5.75 Å². The van der Waals surface area contributed by atoms with Gasteiger partial charge in [0.05, 0.1) is 19.3 Å². The largest absolute Gasteiger partial charge is 0.546 e. The first-order valence-electron chi connectivity index (χ1n) is 4.21. The van der Waals surface area contributed by atoms with E-state index >= 15 is 0 Å². The lowest BCUT2D eigenvalue weighted by atomic mass is 10.2. The Hall–Kier alpha value is -2.04. The second-order valence-electron chi connectivity index (χ2n) is 2.65. The smallest absolute Gasteiger partial charge is 0.156 e. The number of carboxylic acids is 1. The molecule has 5 nitrogen and oxygen atoms in total.